The third-order valence-electron chi connectivity index (χ3n) is 3.96. The van der Waals surface area contributed by atoms with Gasteiger partial charge in [-0.25, -0.2) is 4.39 Å². The van der Waals surface area contributed by atoms with E-state index >= 15 is 0 Å². The fraction of sp³-hybridized carbons (Fsp3) is 0.368. The minimum atomic E-state index is -0.106. The van der Waals surface area contributed by atoms with E-state index < -0.39 is 0 Å². The Kier molecular flexibility index (Phi) is 5.51. The summed E-state index contributed by atoms with van der Waals surface area (Å²) in [6, 6.07) is 13.6. The summed E-state index contributed by atoms with van der Waals surface area (Å²) in [7, 11) is 0. The Morgan fingerprint density at radius 1 is 1.10 bits per heavy atom. The normalized spacial score (nSPS) is 12.4. The van der Waals surface area contributed by atoms with E-state index in [1.165, 1.54) is 16.7 Å². The number of aryl methyl sites for hydroxylation is 2. The van der Waals surface area contributed by atoms with Crippen molar-refractivity contribution in [1.82, 2.24) is 5.32 Å². The van der Waals surface area contributed by atoms with Crippen LogP contribution in [-0.4, -0.2) is 13.1 Å². The summed E-state index contributed by atoms with van der Waals surface area (Å²) >= 11 is 0. The Morgan fingerprint density at radius 2 is 1.86 bits per heavy atom. The Labute approximate surface area is 127 Å². The van der Waals surface area contributed by atoms with Crippen molar-refractivity contribution in [2.24, 2.45) is 0 Å². The fourth-order valence-electron chi connectivity index (χ4n) is 2.70. The fourth-order valence-corrected chi connectivity index (χ4v) is 2.70. The molecule has 2 aromatic carbocycles. The molecule has 1 atom stereocenters. The summed E-state index contributed by atoms with van der Waals surface area (Å²) in [5.74, 6) is 0.0531. The Balaban J connectivity index is 2.28. The van der Waals surface area contributed by atoms with Crippen LogP contribution in [0.2, 0.25) is 0 Å². The number of benzene rings is 2. The van der Waals surface area contributed by atoms with Gasteiger partial charge >= 0.3 is 0 Å². The Bertz CT molecular complexity index is 592. The zero-order chi connectivity index (χ0) is 15.2. The van der Waals surface area contributed by atoms with E-state index in [-0.39, 0.29) is 11.7 Å². The summed E-state index contributed by atoms with van der Waals surface area (Å²) in [4.78, 5) is 0. The maximum atomic E-state index is 14.1. The predicted molar refractivity (Wildman–Crippen MR) is 87.3 cm³/mol. The van der Waals surface area contributed by atoms with Gasteiger partial charge in [0, 0.05) is 12.5 Å². The molecule has 2 aromatic rings. The maximum absolute atomic E-state index is 14.1. The molecule has 1 N–H and O–H groups in total. The van der Waals surface area contributed by atoms with Gasteiger partial charge in [0.1, 0.15) is 5.82 Å². The molecule has 1 unspecified atom stereocenters. The van der Waals surface area contributed by atoms with Crippen molar-refractivity contribution in [2.45, 2.75) is 33.1 Å². The van der Waals surface area contributed by atoms with Crippen LogP contribution in [0.4, 0.5) is 4.39 Å². The number of halogens is 1. The summed E-state index contributed by atoms with van der Waals surface area (Å²) in [5.41, 5.74) is 4.64. The van der Waals surface area contributed by atoms with Gasteiger partial charge in [-0.1, -0.05) is 48.9 Å². The van der Waals surface area contributed by atoms with Gasteiger partial charge in [0.25, 0.3) is 0 Å². The highest BCUT2D eigenvalue weighted by Gasteiger charge is 2.16. The minimum Gasteiger partial charge on any atom is -0.316 e. The van der Waals surface area contributed by atoms with Crippen LogP contribution in [0.5, 0.6) is 0 Å². The molecule has 2 heteroatoms. The lowest BCUT2D eigenvalue weighted by atomic mass is 9.89. The Hall–Kier alpha value is -1.67. The molecule has 0 amide bonds. The first kappa shape index (κ1) is 15.7. The first-order valence-corrected chi connectivity index (χ1v) is 7.63. The van der Waals surface area contributed by atoms with Crippen molar-refractivity contribution < 1.29 is 4.39 Å². The number of hydrogen-bond acceptors (Lipinski definition) is 1. The van der Waals surface area contributed by atoms with Crippen LogP contribution < -0.4 is 5.32 Å². The van der Waals surface area contributed by atoms with Gasteiger partial charge < -0.3 is 5.32 Å². The lowest BCUT2D eigenvalue weighted by molar-refractivity contribution is 0.544. The topological polar surface area (TPSA) is 12.0 Å². The zero-order valence-corrected chi connectivity index (χ0v) is 13.1. The van der Waals surface area contributed by atoms with Crippen LogP contribution in [0.3, 0.4) is 0 Å². The molecule has 0 radical (unpaired) electrons. The van der Waals surface area contributed by atoms with E-state index in [4.69, 9.17) is 0 Å². The van der Waals surface area contributed by atoms with Crippen molar-refractivity contribution in [3.05, 3.63) is 70.5 Å². The molecule has 0 fully saturated rings. The van der Waals surface area contributed by atoms with Crippen molar-refractivity contribution in [3.63, 3.8) is 0 Å². The molecule has 21 heavy (non-hydrogen) atoms. The second kappa shape index (κ2) is 7.37. The van der Waals surface area contributed by atoms with Crippen LogP contribution in [0.1, 0.15) is 35.1 Å². The van der Waals surface area contributed by atoms with Gasteiger partial charge in [0.05, 0.1) is 0 Å². The van der Waals surface area contributed by atoms with Crippen molar-refractivity contribution in [2.75, 3.05) is 13.1 Å². The van der Waals surface area contributed by atoms with Gasteiger partial charge in [0.2, 0.25) is 0 Å². The van der Waals surface area contributed by atoms with E-state index in [1.807, 2.05) is 12.1 Å². The van der Waals surface area contributed by atoms with Crippen molar-refractivity contribution >= 4 is 0 Å². The molecule has 0 aliphatic carbocycles. The highest BCUT2D eigenvalue weighted by molar-refractivity contribution is 5.33. The molecule has 0 heterocycles. The van der Waals surface area contributed by atoms with Crippen LogP contribution in [-0.2, 0) is 6.42 Å². The van der Waals surface area contributed by atoms with Gasteiger partial charge in [-0.2, -0.15) is 0 Å². The standard InChI is InChI=1S/C19H24FN/c1-4-21-13-17(18-7-5-6-8-19(18)20)12-16-11-14(2)9-10-15(16)3/h5-11,17,21H,4,12-13H2,1-3H3. The molecule has 0 saturated carbocycles. The average molecular weight is 285 g/mol. The quantitative estimate of drug-likeness (QED) is 0.830. The molecule has 0 aliphatic heterocycles. The van der Waals surface area contributed by atoms with Crippen LogP contribution in [0, 0.1) is 19.7 Å². The van der Waals surface area contributed by atoms with Crippen LogP contribution in [0.15, 0.2) is 42.5 Å². The van der Waals surface area contributed by atoms with Crippen molar-refractivity contribution in [1.29, 1.82) is 0 Å². The minimum absolute atomic E-state index is 0.106. The van der Waals surface area contributed by atoms with E-state index in [1.54, 1.807) is 12.1 Å². The molecular formula is C19H24FN. The van der Waals surface area contributed by atoms with Gasteiger partial charge in [-0.3, -0.25) is 0 Å². The number of nitrogens with one attached hydrogen (secondary N) is 1. The summed E-state index contributed by atoms with van der Waals surface area (Å²) in [6.07, 6.45) is 0.863. The zero-order valence-electron chi connectivity index (χ0n) is 13.1. The van der Waals surface area contributed by atoms with E-state index in [0.29, 0.717) is 0 Å². The molecule has 0 spiro atoms. The molecule has 2 rings (SSSR count). The highest BCUT2D eigenvalue weighted by Crippen LogP contribution is 2.25. The lowest BCUT2D eigenvalue weighted by Crippen LogP contribution is -2.23. The number of likely N-dealkylation sites (N-methyl/N-ethyl adjacent to an activating group) is 1. The van der Waals surface area contributed by atoms with Crippen LogP contribution in [0.25, 0.3) is 0 Å². The molecule has 1 nitrogen and oxygen atoms in total. The molecule has 0 aliphatic rings. The van der Waals surface area contributed by atoms with E-state index in [9.17, 15) is 4.39 Å². The molecule has 112 valence electrons. The third-order valence-corrected chi connectivity index (χ3v) is 3.96. The van der Waals surface area contributed by atoms with E-state index in [0.717, 1.165) is 25.1 Å². The lowest BCUT2D eigenvalue weighted by Gasteiger charge is -2.20. The van der Waals surface area contributed by atoms with Crippen LogP contribution >= 0.6 is 0 Å². The number of hydrogen-bond donors (Lipinski definition) is 1. The first-order valence-electron chi connectivity index (χ1n) is 7.63. The molecular weight excluding hydrogens is 261 g/mol. The molecule has 0 bridgehead atoms. The molecule has 0 aromatic heterocycles. The summed E-state index contributed by atoms with van der Waals surface area (Å²) < 4.78 is 14.1. The first-order chi connectivity index (χ1) is 10.1. The molecule has 0 saturated heterocycles. The van der Waals surface area contributed by atoms with Gasteiger partial charge in [0.15, 0.2) is 0 Å². The average Bonchev–Trinajstić information content (AvgIpc) is 2.48. The second-order valence-electron chi connectivity index (χ2n) is 5.66. The third kappa shape index (κ3) is 4.15. The summed E-state index contributed by atoms with van der Waals surface area (Å²) in [6.45, 7) is 8.00. The van der Waals surface area contributed by atoms with Crippen molar-refractivity contribution in [3.8, 4) is 0 Å². The highest BCUT2D eigenvalue weighted by atomic mass is 19.1. The smallest absolute Gasteiger partial charge is 0.126 e. The SMILES string of the molecule is CCNCC(Cc1cc(C)ccc1C)c1ccccc1F. The van der Waals surface area contributed by atoms with E-state index in [2.05, 4.69) is 44.3 Å². The number of rotatable bonds is 6. The van der Waals surface area contributed by atoms with Gasteiger partial charge in [-0.15, -0.1) is 0 Å². The second-order valence-corrected chi connectivity index (χ2v) is 5.66. The largest absolute Gasteiger partial charge is 0.316 e. The summed E-state index contributed by atoms with van der Waals surface area (Å²) in [5, 5.41) is 3.36. The maximum Gasteiger partial charge on any atom is 0.126 e. The monoisotopic (exact) mass is 285 g/mol. The van der Waals surface area contributed by atoms with Gasteiger partial charge in [-0.05, 0) is 49.6 Å². The predicted octanol–water partition coefficient (Wildman–Crippen LogP) is 4.38. The Morgan fingerprint density at radius 3 is 2.57 bits per heavy atom.